The molecule has 0 spiro atoms. The van der Waals surface area contributed by atoms with Crippen molar-refractivity contribution in [3.63, 3.8) is 0 Å². The fraction of sp³-hybridized carbons (Fsp3) is 0.381. The van der Waals surface area contributed by atoms with Crippen molar-refractivity contribution in [3.05, 3.63) is 53.6 Å². The Kier molecular flexibility index (Phi) is 5.63. The van der Waals surface area contributed by atoms with Gasteiger partial charge in [0.25, 0.3) is 0 Å². The summed E-state index contributed by atoms with van der Waals surface area (Å²) in [7, 11) is 0. The minimum absolute atomic E-state index is 0.0771. The number of carbonyl (C=O) groups is 1. The van der Waals surface area contributed by atoms with Gasteiger partial charge < -0.3 is 39.7 Å². The topological polar surface area (TPSA) is 146 Å². The van der Waals surface area contributed by atoms with Crippen LogP contribution in [0.1, 0.15) is 28.4 Å². The van der Waals surface area contributed by atoms with Gasteiger partial charge in [-0.25, -0.2) is 0 Å². The fourth-order valence-electron chi connectivity index (χ4n) is 3.57. The highest BCUT2D eigenvalue weighted by Gasteiger charge is 2.45. The van der Waals surface area contributed by atoms with E-state index in [1.165, 1.54) is 12.1 Å². The molecule has 6 atom stereocenters. The first kappa shape index (κ1) is 20.6. The summed E-state index contributed by atoms with van der Waals surface area (Å²) < 4.78 is 16.8. The predicted octanol–water partition coefficient (Wildman–Crippen LogP) is 0.277. The molecule has 30 heavy (non-hydrogen) atoms. The van der Waals surface area contributed by atoms with Gasteiger partial charge in [0.05, 0.1) is 18.6 Å². The molecular formula is C21H22O9. The van der Waals surface area contributed by atoms with Gasteiger partial charge in [-0.1, -0.05) is 18.2 Å². The second-order valence-electron chi connectivity index (χ2n) is 7.27. The molecule has 160 valence electrons. The number of ether oxygens (including phenoxy) is 3. The number of hydrogen-bond acceptors (Lipinski definition) is 9. The van der Waals surface area contributed by atoms with Gasteiger partial charge in [0.1, 0.15) is 36.3 Å². The summed E-state index contributed by atoms with van der Waals surface area (Å²) in [5.41, 5.74) is 1.06. The van der Waals surface area contributed by atoms with Crippen LogP contribution >= 0.6 is 0 Å². The summed E-state index contributed by atoms with van der Waals surface area (Å²) in [5.74, 6) is 0.0412. The highest BCUT2D eigenvalue weighted by atomic mass is 16.7. The molecule has 0 aliphatic carbocycles. The molecule has 5 N–H and O–H groups in total. The van der Waals surface area contributed by atoms with Crippen molar-refractivity contribution in [2.75, 3.05) is 6.61 Å². The molecule has 2 aliphatic rings. The monoisotopic (exact) mass is 418 g/mol. The zero-order valence-electron chi connectivity index (χ0n) is 15.8. The number of aliphatic hydroxyl groups excluding tert-OH is 4. The molecule has 1 saturated heterocycles. The maximum atomic E-state index is 12.4. The zero-order chi connectivity index (χ0) is 21.4. The Hall–Kier alpha value is -2.69. The Morgan fingerprint density at radius 3 is 2.57 bits per heavy atom. The standard InChI is InChI=1S/C21H22O9/c22-9-17-18(25)19(26)20(27)21(30-17)29-16-7-10(5-6-12(16)23)15-8-13(24)11-3-1-2-4-14(11)28-15/h1-7,15,17-23,25-27H,8-9H2/t15?,17-,18-,19+,20-,21-/m1/s1. The number of rotatable bonds is 4. The van der Waals surface area contributed by atoms with Crippen molar-refractivity contribution in [2.24, 2.45) is 0 Å². The molecule has 9 nitrogen and oxygen atoms in total. The number of phenolic OH excluding ortho intramolecular Hbond substituents is 1. The third-order valence-corrected chi connectivity index (χ3v) is 5.27. The number of Topliss-reactive ketones (excluding diaryl/α,β-unsaturated/α-hetero) is 1. The van der Waals surface area contributed by atoms with E-state index in [1.807, 2.05) is 0 Å². The minimum Gasteiger partial charge on any atom is -0.504 e. The van der Waals surface area contributed by atoms with E-state index in [2.05, 4.69) is 0 Å². The number of aromatic hydroxyl groups is 1. The lowest BCUT2D eigenvalue weighted by Gasteiger charge is -2.39. The number of hydrogen-bond donors (Lipinski definition) is 5. The summed E-state index contributed by atoms with van der Waals surface area (Å²) in [4.78, 5) is 12.4. The number of carbonyl (C=O) groups excluding carboxylic acids is 1. The van der Waals surface area contributed by atoms with Crippen LogP contribution in [0.3, 0.4) is 0 Å². The number of phenols is 1. The van der Waals surface area contributed by atoms with E-state index in [0.29, 0.717) is 16.9 Å². The van der Waals surface area contributed by atoms with Gasteiger partial charge in [-0.2, -0.15) is 0 Å². The van der Waals surface area contributed by atoms with Crippen LogP contribution in [0.5, 0.6) is 17.2 Å². The van der Waals surface area contributed by atoms with Crippen LogP contribution in [-0.4, -0.2) is 68.6 Å². The van der Waals surface area contributed by atoms with E-state index in [1.54, 1.807) is 30.3 Å². The van der Waals surface area contributed by atoms with E-state index >= 15 is 0 Å². The molecule has 1 fully saturated rings. The quantitative estimate of drug-likeness (QED) is 0.472. The Morgan fingerprint density at radius 1 is 1.03 bits per heavy atom. The molecule has 2 aromatic carbocycles. The molecule has 0 saturated carbocycles. The van der Waals surface area contributed by atoms with E-state index in [9.17, 15) is 30.3 Å². The van der Waals surface area contributed by atoms with Crippen LogP contribution in [0.15, 0.2) is 42.5 Å². The Balaban J connectivity index is 1.56. The van der Waals surface area contributed by atoms with Crippen LogP contribution < -0.4 is 9.47 Å². The van der Waals surface area contributed by atoms with Crippen LogP contribution in [0.25, 0.3) is 0 Å². The maximum absolute atomic E-state index is 12.4. The number of fused-ring (bicyclic) bond motifs is 1. The van der Waals surface area contributed by atoms with Crippen LogP contribution in [0.4, 0.5) is 0 Å². The molecule has 9 heteroatoms. The lowest BCUT2D eigenvalue weighted by molar-refractivity contribution is -0.277. The summed E-state index contributed by atoms with van der Waals surface area (Å²) in [6, 6.07) is 11.3. The number of benzene rings is 2. The van der Waals surface area contributed by atoms with E-state index in [0.717, 1.165) is 0 Å². The summed E-state index contributed by atoms with van der Waals surface area (Å²) in [5, 5.41) is 49.4. The molecule has 2 aliphatic heterocycles. The third-order valence-electron chi connectivity index (χ3n) is 5.27. The molecule has 2 aromatic rings. The summed E-state index contributed by atoms with van der Waals surface area (Å²) in [6.07, 6.45) is -7.85. The largest absolute Gasteiger partial charge is 0.504 e. The molecule has 1 unspecified atom stereocenters. The van der Waals surface area contributed by atoms with Crippen molar-refractivity contribution < 1.29 is 44.5 Å². The zero-order valence-corrected chi connectivity index (χ0v) is 15.8. The van der Waals surface area contributed by atoms with Crippen molar-refractivity contribution in [3.8, 4) is 17.2 Å². The van der Waals surface area contributed by atoms with Gasteiger partial charge in [-0.3, -0.25) is 4.79 Å². The van der Waals surface area contributed by atoms with Crippen molar-refractivity contribution in [2.45, 2.75) is 43.2 Å². The van der Waals surface area contributed by atoms with Gasteiger partial charge >= 0.3 is 0 Å². The highest BCUT2D eigenvalue weighted by molar-refractivity contribution is 5.99. The van der Waals surface area contributed by atoms with Crippen LogP contribution in [-0.2, 0) is 4.74 Å². The number of para-hydroxylation sites is 1. The first-order chi connectivity index (χ1) is 14.4. The average molecular weight is 418 g/mol. The molecule has 2 heterocycles. The lowest BCUT2D eigenvalue weighted by Crippen LogP contribution is -2.60. The summed E-state index contributed by atoms with van der Waals surface area (Å²) >= 11 is 0. The van der Waals surface area contributed by atoms with Gasteiger partial charge in [0, 0.05) is 0 Å². The third kappa shape index (κ3) is 3.73. The van der Waals surface area contributed by atoms with E-state index in [4.69, 9.17) is 14.2 Å². The molecule has 0 radical (unpaired) electrons. The summed E-state index contributed by atoms with van der Waals surface area (Å²) in [6.45, 7) is -0.603. The van der Waals surface area contributed by atoms with Gasteiger partial charge in [-0.15, -0.1) is 0 Å². The molecular weight excluding hydrogens is 396 g/mol. The van der Waals surface area contributed by atoms with Gasteiger partial charge in [-0.05, 0) is 29.8 Å². The number of aliphatic hydroxyl groups is 4. The van der Waals surface area contributed by atoms with Gasteiger partial charge in [0.15, 0.2) is 17.3 Å². The van der Waals surface area contributed by atoms with Crippen molar-refractivity contribution >= 4 is 5.78 Å². The second-order valence-corrected chi connectivity index (χ2v) is 7.27. The maximum Gasteiger partial charge on any atom is 0.229 e. The smallest absolute Gasteiger partial charge is 0.229 e. The molecule has 0 aromatic heterocycles. The van der Waals surface area contributed by atoms with E-state index < -0.39 is 43.4 Å². The lowest BCUT2D eigenvalue weighted by atomic mass is 9.96. The first-order valence-electron chi connectivity index (χ1n) is 9.48. The first-order valence-corrected chi connectivity index (χ1v) is 9.48. The molecule has 0 amide bonds. The molecule has 4 rings (SSSR count). The van der Waals surface area contributed by atoms with Crippen LogP contribution in [0, 0.1) is 0 Å². The van der Waals surface area contributed by atoms with Gasteiger partial charge in [0.2, 0.25) is 6.29 Å². The van der Waals surface area contributed by atoms with Crippen LogP contribution in [0.2, 0.25) is 0 Å². The highest BCUT2D eigenvalue weighted by Crippen LogP contribution is 2.38. The van der Waals surface area contributed by atoms with E-state index in [-0.39, 0.29) is 23.7 Å². The normalized spacial score (nSPS) is 31.0. The second kappa shape index (κ2) is 8.21. The average Bonchev–Trinajstić information content (AvgIpc) is 2.75. The fourth-order valence-corrected chi connectivity index (χ4v) is 3.57. The Morgan fingerprint density at radius 2 is 1.80 bits per heavy atom. The Labute approximate surface area is 171 Å². The number of ketones is 1. The molecule has 0 bridgehead atoms. The Bertz CT molecular complexity index is 928. The minimum atomic E-state index is -1.62. The predicted molar refractivity (Wildman–Crippen MR) is 101 cm³/mol. The van der Waals surface area contributed by atoms with Crippen molar-refractivity contribution in [1.29, 1.82) is 0 Å². The van der Waals surface area contributed by atoms with Crippen molar-refractivity contribution in [1.82, 2.24) is 0 Å². The SMILES string of the molecule is O=C1CC(c2ccc(O)c(O[C@@H]3O[C@H](CO)[C@@H](O)[C@H](O)[C@H]3O)c2)Oc2ccccc21.